The molecule has 4 nitrogen and oxygen atoms in total. The minimum absolute atomic E-state index is 0.200. The van der Waals surface area contributed by atoms with Crippen molar-refractivity contribution < 1.29 is 14.4 Å². The van der Waals surface area contributed by atoms with Crippen molar-refractivity contribution >= 4 is 11.0 Å². The minimum Gasteiger partial charge on any atom is -0.507 e. The van der Waals surface area contributed by atoms with E-state index in [1.807, 2.05) is 30.3 Å². The summed E-state index contributed by atoms with van der Waals surface area (Å²) in [7, 11) is 0. The normalized spacial score (nSPS) is 11.3. The maximum absolute atomic E-state index is 12.1. The van der Waals surface area contributed by atoms with Gasteiger partial charge in [0.05, 0.1) is 13.1 Å². The molecule has 1 aromatic heterocycles. The van der Waals surface area contributed by atoms with Crippen LogP contribution in [0.5, 0.6) is 5.75 Å². The summed E-state index contributed by atoms with van der Waals surface area (Å²) in [5, 5.41) is 11.4. The summed E-state index contributed by atoms with van der Waals surface area (Å²) in [5.41, 5.74) is 2.68. The lowest BCUT2D eigenvalue weighted by Crippen LogP contribution is -3.10. The Morgan fingerprint density at radius 2 is 1.69 bits per heavy atom. The van der Waals surface area contributed by atoms with Gasteiger partial charge >= 0.3 is 5.63 Å². The topological polar surface area (TPSA) is 54.9 Å². The second-order valence-corrected chi connectivity index (χ2v) is 6.75. The van der Waals surface area contributed by atoms with Gasteiger partial charge in [0.2, 0.25) is 0 Å². The smallest absolute Gasteiger partial charge is 0.336 e. The van der Waals surface area contributed by atoms with Gasteiger partial charge in [-0.2, -0.15) is 0 Å². The number of benzene rings is 2. The van der Waals surface area contributed by atoms with Gasteiger partial charge in [-0.1, -0.05) is 44.2 Å². The number of phenols is 1. The largest absolute Gasteiger partial charge is 0.507 e. The summed E-state index contributed by atoms with van der Waals surface area (Å²) < 4.78 is 5.45. The van der Waals surface area contributed by atoms with E-state index in [0.717, 1.165) is 49.0 Å². The van der Waals surface area contributed by atoms with Crippen LogP contribution in [-0.4, -0.2) is 18.2 Å². The van der Waals surface area contributed by atoms with Gasteiger partial charge in [0.15, 0.2) is 0 Å². The van der Waals surface area contributed by atoms with E-state index in [0.29, 0.717) is 11.1 Å². The lowest BCUT2D eigenvalue weighted by molar-refractivity contribution is -0.913. The zero-order valence-corrected chi connectivity index (χ0v) is 15.4. The number of phenolic OH excluding ortho intramolecular Hbond substituents is 1. The molecule has 3 aromatic rings. The zero-order valence-electron chi connectivity index (χ0n) is 15.4. The number of aromatic hydroxyl groups is 1. The van der Waals surface area contributed by atoms with Crippen molar-refractivity contribution in [2.75, 3.05) is 13.1 Å². The predicted molar refractivity (Wildman–Crippen MR) is 105 cm³/mol. The summed E-state index contributed by atoms with van der Waals surface area (Å²) in [6.07, 6.45) is 2.19. The molecule has 0 spiro atoms. The molecule has 0 saturated carbocycles. The minimum atomic E-state index is -0.343. The van der Waals surface area contributed by atoms with Crippen LogP contribution in [0, 0.1) is 0 Å². The van der Waals surface area contributed by atoms with Crippen molar-refractivity contribution in [3.05, 3.63) is 64.5 Å². The molecule has 2 N–H and O–H groups in total. The quantitative estimate of drug-likeness (QED) is 0.641. The summed E-state index contributed by atoms with van der Waals surface area (Å²) in [6, 6.07) is 14.7. The van der Waals surface area contributed by atoms with Gasteiger partial charge in [0.25, 0.3) is 0 Å². The summed E-state index contributed by atoms with van der Waals surface area (Å²) in [4.78, 5) is 13.5. The van der Waals surface area contributed by atoms with Crippen molar-refractivity contribution in [2.45, 2.75) is 33.2 Å². The van der Waals surface area contributed by atoms with Crippen LogP contribution >= 0.6 is 0 Å². The molecule has 0 aliphatic carbocycles. The molecule has 0 radical (unpaired) electrons. The van der Waals surface area contributed by atoms with Crippen LogP contribution in [0.2, 0.25) is 0 Å². The Labute approximate surface area is 153 Å². The lowest BCUT2D eigenvalue weighted by atomic mass is 10.0. The molecule has 136 valence electrons. The molecule has 0 amide bonds. The molecule has 2 aromatic carbocycles. The molecule has 0 bridgehead atoms. The third-order valence-corrected chi connectivity index (χ3v) is 4.68. The Morgan fingerprint density at radius 3 is 2.35 bits per heavy atom. The Hall–Kier alpha value is -2.59. The van der Waals surface area contributed by atoms with Crippen LogP contribution in [0.15, 0.2) is 57.7 Å². The zero-order chi connectivity index (χ0) is 18.5. The van der Waals surface area contributed by atoms with Gasteiger partial charge < -0.3 is 14.4 Å². The van der Waals surface area contributed by atoms with E-state index in [9.17, 15) is 9.90 Å². The van der Waals surface area contributed by atoms with Gasteiger partial charge in [0, 0.05) is 22.6 Å². The van der Waals surface area contributed by atoms with E-state index in [1.54, 1.807) is 18.2 Å². The predicted octanol–water partition coefficient (Wildman–Crippen LogP) is 3.37. The molecular weight excluding hydrogens is 326 g/mol. The molecule has 0 aliphatic heterocycles. The van der Waals surface area contributed by atoms with Crippen molar-refractivity contribution in [1.29, 1.82) is 0 Å². The van der Waals surface area contributed by atoms with Crippen LogP contribution < -0.4 is 10.5 Å². The summed E-state index contributed by atoms with van der Waals surface area (Å²) >= 11 is 0. The van der Waals surface area contributed by atoms with Crippen molar-refractivity contribution in [2.24, 2.45) is 0 Å². The number of quaternary nitrogens is 1. The Kier molecular flexibility index (Phi) is 5.74. The highest BCUT2D eigenvalue weighted by Crippen LogP contribution is 2.33. The molecule has 0 fully saturated rings. The number of nitrogens with one attached hydrogen (secondary N) is 1. The standard InChI is InChI=1S/C22H25NO3/c1-3-10-23(11-4-2)15-17-12-22(25)26-21-14-18(20(24)13-19(17)21)16-8-6-5-7-9-16/h5-9,12-14,24H,3-4,10-11,15H2,1-2H3/p+1. The Morgan fingerprint density at radius 1 is 1.00 bits per heavy atom. The average Bonchev–Trinajstić information content (AvgIpc) is 2.63. The molecule has 3 rings (SSSR count). The lowest BCUT2D eigenvalue weighted by Gasteiger charge is -2.19. The van der Waals surface area contributed by atoms with Gasteiger partial charge in [-0.15, -0.1) is 0 Å². The fourth-order valence-corrected chi connectivity index (χ4v) is 3.54. The number of hydrogen-bond acceptors (Lipinski definition) is 3. The molecular formula is C22H26NO3+. The Balaban J connectivity index is 2.08. The molecule has 0 atom stereocenters. The maximum Gasteiger partial charge on any atom is 0.336 e. The van der Waals surface area contributed by atoms with E-state index >= 15 is 0 Å². The highest BCUT2D eigenvalue weighted by atomic mass is 16.4. The second-order valence-electron chi connectivity index (χ2n) is 6.75. The van der Waals surface area contributed by atoms with Crippen LogP contribution in [0.1, 0.15) is 32.3 Å². The second kappa shape index (κ2) is 8.19. The van der Waals surface area contributed by atoms with Crippen LogP contribution in [0.3, 0.4) is 0 Å². The van der Waals surface area contributed by atoms with Crippen molar-refractivity contribution in [3.8, 4) is 16.9 Å². The van der Waals surface area contributed by atoms with Crippen molar-refractivity contribution in [1.82, 2.24) is 0 Å². The molecule has 1 heterocycles. The van der Waals surface area contributed by atoms with Crippen molar-refractivity contribution in [3.63, 3.8) is 0 Å². The fourth-order valence-electron chi connectivity index (χ4n) is 3.54. The van der Waals surface area contributed by atoms with Gasteiger partial charge in [-0.25, -0.2) is 4.79 Å². The van der Waals surface area contributed by atoms with E-state index in [2.05, 4.69) is 13.8 Å². The van der Waals surface area contributed by atoms with E-state index < -0.39 is 0 Å². The average molecular weight is 352 g/mol. The monoisotopic (exact) mass is 352 g/mol. The molecule has 26 heavy (non-hydrogen) atoms. The Bertz CT molecular complexity index is 925. The van der Waals surface area contributed by atoms with Gasteiger partial charge in [-0.3, -0.25) is 0 Å². The summed E-state index contributed by atoms with van der Waals surface area (Å²) in [5.74, 6) is 0.200. The third-order valence-electron chi connectivity index (χ3n) is 4.68. The fraction of sp³-hybridized carbons (Fsp3) is 0.318. The highest BCUT2D eigenvalue weighted by Gasteiger charge is 2.15. The maximum atomic E-state index is 12.1. The van der Waals surface area contributed by atoms with Crippen LogP contribution in [-0.2, 0) is 6.54 Å². The first-order valence-corrected chi connectivity index (χ1v) is 9.31. The van der Waals surface area contributed by atoms with Crippen LogP contribution in [0.25, 0.3) is 22.1 Å². The van der Waals surface area contributed by atoms with E-state index in [1.165, 1.54) is 4.90 Å². The third kappa shape index (κ3) is 3.97. The highest BCUT2D eigenvalue weighted by molar-refractivity contribution is 5.88. The van der Waals surface area contributed by atoms with Crippen LogP contribution in [0.4, 0.5) is 0 Å². The first-order valence-electron chi connectivity index (χ1n) is 9.31. The molecule has 0 aliphatic rings. The first kappa shape index (κ1) is 18.2. The van der Waals surface area contributed by atoms with E-state index in [-0.39, 0.29) is 11.4 Å². The molecule has 4 heteroatoms. The molecule has 0 unspecified atom stereocenters. The van der Waals surface area contributed by atoms with E-state index in [4.69, 9.17) is 4.42 Å². The molecule has 0 saturated heterocycles. The SMILES string of the molecule is CCC[NH+](CCC)Cc1cc(=O)oc2cc(-c3ccccc3)c(O)cc12. The number of rotatable bonds is 7. The summed E-state index contributed by atoms with van der Waals surface area (Å²) in [6.45, 7) is 7.22. The van der Waals surface area contributed by atoms with Gasteiger partial charge in [0.1, 0.15) is 17.9 Å². The number of fused-ring (bicyclic) bond motifs is 1. The number of hydrogen-bond donors (Lipinski definition) is 2. The van der Waals surface area contributed by atoms with Gasteiger partial charge in [-0.05, 0) is 30.5 Å². The first-order chi connectivity index (χ1) is 12.6.